The zero-order valence-electron chi connectivity index (χ0n) is 25.3. The third-order valence-corrected chi connectivity index (χ3v) is 7.53. The normalized spacial score (nSPS) is 19.0. The highest BCUT2D eigenvalue weighted by molar-refractivity contribution is 6.46. The maximum atomic E-state index is 13.5. The van der Waals surface area contributed by atoms with Crippen molar-refractivity contribution in [3.05, 3.63) is 59.2 Å². The fourth-order valence-corrected chi connectivity index (χ4v) is 5.37. The lowest BCUT2D eigenvalue weighted by molar-refractivity contribution is -0.140. The lowest BCUT2D eigenvalue weighted by atomic mass is 9.95. The highest BCUT2D eigenvalue weighted by Crippen LogP contribution is 2.42. The van der Waals surface area contributed by atoms with Crippen LogP contribution < -0.4 is 14.2 Å². The van der Waals surface area contributed by atoms with Gasteiger partial charge in [0.1, 0.15) is 11.5 Å². The Bertz CT molecular complexity index is 1240. The number of morpholine rings is 1. The summed E-state index contributed by atoms with van der Waals surface area (Å²) in [6, 6.07) is 11.6. The van der Waals surface area contributed by atoms with E-state index in [1.54, 1.807) is 42.3 Å². The summed E-state index contributed by atoms with van der Waals surface area (Å²) in [5, 5.41) is 11.5. The van der Waals surface area contributed by atoms with Crippen LogP contribution in [-0.4, -0.2) is 85.8 Å². The number of unbranched alkanes of at least 4 members (excludes halogenated alkanes) is 2. The minimum atomic E-state index is -0.774. The highest BCUT2D eigenvalue weighted by atomic mass is 16.5. The zero-order valence-corrected chi connectivity index (χ0v) is 25.3. The molecule has 2 aliphatic heterocycles. The molecule has 0 aromatic heterocycles. The summed E-state index contributed by atoms with van der Waals surface area (Å²) in [5.74, 6) is 0.220. The molecule has 2 aliphatic rings. The molecule has 4 rings (SSSR count). The van der Waals surface area contributed by atoms with Gasteiger partial charge in [0.2, 0.25) is 0 Å². The summed E-state index contributed by atoms with van der Waals surface area (Å²) in [5.41, 5.74) is 1.16. The number of rotatable bonds is 14. The Morgan fingerprint density at radius 3 is 2.40 bits per heavy atom. The summed E-state index contributed by atoms with van der Waals surface area (Å²) < 4.78 is 22.8. The van der Waals surface area contributed by atoms with Gasteiger partial charge in [0.05, 0.1) is 44.6 Å². The van der Waals surface area contributed by atoms with Gasteiger partial charge in [-0.25, -0.2) is 0 Å². The monoisotopic (exact) mass is 580 g/mol. The second kappa shape index (κ2) is 15.1. The van der Waals surface area contributed by atoms with E-state index in [0.717, 1.165) is 38.9 Å². The predicted octanol–water partition coefficient (Wildman–Crippen LogP) is 5.20. The van der Waals surface area contributed by atoms with E-state index < -0.39 is 17.7 Å². The van der Waals surface area contributed by atoms with Gasteiger partial charge < -0.3 is 29.0 Å². The maximum Gasteiger partial charge on any atom is 0.295 e. The van der Waals surface area contributed by atoms with Crippen molar-refractivity contribution in [2.75, 3.05) is 53.1 Å². The number of ether oxygens (including phenoxy) is 4. The van der Waals surface area contributed by atoms with Gasteiger partial charge in [-0.2, -0.15) is 0 Å². The number of ketones is 1. The number of methoxy groups -OCH3 is 1. The quantitative estimate of drug-likeness (QED) is 0.141. The van der Waals surface area contributed by atoms with Crippen molar-refractivity contribution in [1.82, 2.24) is 9.80 Å². The van der Waals surface area contributed by atoms with Crippen molar-refractivity contribution in [2.24, 2.45) is 0 Å². The number of Topliss-reactive ketones (excluding diaryl/α,β-unsaturated/α-hetero) is 1. The summed E-state index contributed by atoms with van der Waals surface area (Å²) in [6.45, 7) is 10.8. The first-order chi connectivity index (χ1) is 20.3. The molecule has 2 fully saturated rings. The van der Waals surface area contributed by atoms with Crippen molar-refractivity contribution in [1.29, 1.82) is 0 Å². The van der Waals surface area contributed by atoms with E-state index in [4.69, 9.17) is 18.9 Å². The van der Waals surface area contributed by atoms with Crippen molar-refractivity contribution in [3.63, 3.8) is 0 Å². The van der Waals surface area contributed by atoms with Gasteiger partial charge in [0, 0.05) is 31.7 Å². The number of aliphatic hydroxyl groups is 1. The number of likely N-dealkylation sites (tertiary alicyclic amines) is 1. The van der Waals surface area contributed by atoms with Crippen LogP contribution in [0.25, 0.3) is 5.76 Å². The minimum absolute atomic E-state index is 0.000750. The molecule has 2 heterocycles. The Kier molecular flexibility index (Phi) is 11.3. The number of carbonyl (C=O) groups is 2. The second-order valence-electron chi connectivity index (χ2n) is 11.0. The lowest BCUT2D eigenvalue weighted by Crippen LogP contribution is -2.39. The topological polar surface area (TPSA) is 97.8 Å². The fourth-order valence-electron chi connectivity index (χ4n) is 5.37. The van der Waals surface area contributed by atoms with E-state index >= 15 is 0 Å². The third kappa shape index (κ3) is 7.63. The molecule has 1 unspecified atom stereocenters. The molecule has 228 valence electrons. The molecule has 2 saturated heterocycles. The molecule has 0 radical (unpaired) electrons. The van der Waals surface area contributed by atoms with E-state index in [2.05, 4.69) is 11.8 Å². The van der Waals surface area contributed by atoms with Crippen LogP contribution in [0.1, 0.15) is 63.6 Å². The van der Waals surface area contributed by atoms with E-state index in [1.165, 1.54) is 0 Å². The van der Waals surface area contributed by atoms with Crippen LogP contribution in [0.4, 0.5) is 0 Å². The van der Waals surface area contributed by atoms with Gasteiger partial charge in [-0.1, -0.05) is 25.8 Å². The van der Waals surface area contributed by atoms with Crippen molar-refractivity contribution >= 4 is 17.4 Å². The molecule has 9 heteroatoms. The van der Waals surface area contributed by atoms with Crippen LogP contribution in [0.3, 0.4) is 0 Å². The van der Waals surface area contributed by atoms with E-state index in [1.807, 2.05) is 26.0 Å². The number of nitrogens with zero attached hydrogens (tertiary/aromatic N) is 2. The van der Waals surface area contributed by atoms with Crippen LogP contribution in [0.5, 0.6) is 17.2 Å². The molecule has 2 aromatic rings. The highest BCUT2D eigenvalue weighted by Gasteiger charge is 2.46. The molecule has 0 spiro atoms. The molecule has 9 nitrogen and oxygen atoms in total. The number of amides is 1. The Balaban J connectivity index is 1.67. The fraction of sp³-hybridized carbons (Fsp3) is 0.515. The minimum Gasteiger partial charge on any atom is -0.507 e. The second-order valence-corrected chi connectivity index (χ2v) is 11.0. The largest absolute Gasteiger partial charge is 0.507 e. The number of benzene rings is 2. The van der Waals surface area contributed by atoms with Gasteiger partial charge in [0.25, 0.3) is 11.7 Å². The van der Waals surface area contributed by atoms with Crippen LogP contribution in [0.15, 0.2) is 48.0 Å². The van der Waals surface area contributed by atoms with Crippen LogP contribution in [0.2, 0.25) is 0 Å². The summed E-state index contributed by atoms with van der Waals surface area (Å²) in [6.07, 6.45) is 3.79. The molecular weight excluding hydrogens is 536 g/mol. The van der Waals surface area contributed by atoms with Gasteiger partial charge >= 0.3 is 0 Å². The predicted molar refractivity (Wildman–Crippen MR) is 161 cm³/mol. The molecule has 2 aromatic carbocycles. The number of hydrogen-bond acceptors (Lipinski definition) is 8. The van der Waals surface area contributed by atoms with Gasteiger partial charge in [-0.05, 0) is 68.7 Å². The first kappa shape index (κ1) is 31.4. The van der Waals surface area contributed by atoms with Crippen LogP contribution in [0, 0.1) is 0 Å². The van der Waals surface area contributed by atoms with Gasteiger partial charge in [-0.3, -0.25) is 14.5 Å². The summed E-state index contributed by atoms with van der Waals surface area (Å²) in [7, 11) is 1.57. The average Bonchev–Trinajstić information content (AvgIpc) is 3.24. The molecule has 42 heavy (non-hydrogen) atoms. The maximum absolute atomic E-state index is 13.5. The Morgan fingerprint density at radius 2 is 1.74 bits per heavy atom. The zero-order chi connectivity index (χ0) is 30.1. The molecule has 0 aliphatic carbocycles. The number of aliphatic hydroxyl groups excluding tert-OH is 1. The van der Waals surface area contributed by atoms with Crippen molar-refractivity contribution in [3.8, 4) is 17.2 Å². The SMILES string of the molecule is CCCCCOc1ccc(C2C(=C(O)c3ccc(OC(C)C)cc3)C(=O)C(=O)N2CCCN2CCOCC2)cc1OC. The molecule has 1 amide bonds. The van der Waals surface area contributed by atoms with Crippen LogP contribution in [-0.2, 0) is 14.3 Å². The summed E-state index contributed by atoms with van der Waals surface area (Å²) >= 11 is 0. The van der Waals surface area contributed by atoms with E-state index in [0.29, 0.717) is 61.2 Å². The number of carbonyl (C=O) groups excluding carboxylic acids is 2. The van der Waals surface area contributed by atoms with Crippen molar-refractivity contribution in [2.45, 2.75) is 58.6 Å². The van der Waals surface area contributed by atoms with Gasteiger partial charge in [-0.15, -0.1) is 0 Å². The average molecular weight is 581 g/mol. The Labute approximate surface area is 249 Å². The molecule has 0 bridgehead atoms. The Morgan fingerprint density at radius 1 is 1.00 bits per heavy atom. The van der Waals surface area contributed by atoms with Crippen molar-refractivity contribution < 1.29 is 33.6 Å². The molecule has 0 saturated carbocycles. The summed E-state index contributed by atoms with van der Waals surface area (Å²) in [4.78, 5) is 30.8. The first-order valence-corrected chi connectivity index (χ1v) is 15.0. The third-order valence-electron chi connectivity index (χ3n) is 7.53. The van der Waals surface area contributed by atoms with E-state index in [9.17, 15) is 14.7 Å². The lowest BCUT2D eigenvalue weighted by Gasteiger charge is -2.29. The molecule has 1 N–H and O–H groups in total. The Hall–Kier alpha value is -3.56. The van der Waals surface area contributed by atoms with Crippen LogP contribution >= 0.6 is 0 Å². The molecule has 1 atom stereocenters. The standard InChI is InChI=1S/C33H44N2O7/c1-5-6-7-19-41-27-14-11-25(22-28(27)39-4)30-29(31(36)24-9-12-26(13-10-24)42-23(2)3)32(37)33(38)35(30)16-8-15-34-17-20-40-21-18-34/h9-14,22-23,30,36H,5-8,15-21H2,1-4H3. The smallest absolute Gasteiger partial charge is 0.295 e. The van der Waals surface area contributed by atoms with E-state index in [-0.39, 0.29) is 17.4 Å². The first-order valence-electron chi connectivity index (χ1n) is 15.0. The number of hydrogen-bond donors (Lipinski definition) is 1. The molecular formula is C33H44N2O7. The van der Waals surface area contributed by atoms with Gasteiger partial charge in [0.15, 0.2) is 11.5 Å².